The molecule has 1 fully saturated rings. The van der Waals surface area contributed by atoms with Gasteiger partial charge in [-0.2, -0.15) is 13.2 Å². The fourth-order valence-electron chi connectivity index (χ4n) is 1.86. The second-order valence-electron chi connectivity index (χ2n) is 3.89. The zero-order chi connectivity index (χ0) is 12.2. The van der Waals surface area contributed by atoms with Crippen LogP contribution in [0, 0.1) is 5.92 Å². The summed E-state index contributed by atoms with van der Waals surface area (Å²) >= 11 is 0. The van der Waals surface area contributed by atoms with Gasteiger partial charge >= 0.3 is 12.1 Å². The summed E-state index contributed by atoms with van der Waals surface area (Å²) in [6.45, 7) is 1.90. The third-order valence-electron chi connectivity index (χ3n) is 2.63. The summed E-state index contributed by atoms with van der Waals surface area (Å²) in [4.78, 5) is 11.1. The van der Waals surface area contributed by atoms with E-state index in [1.165, 1.54) is 6.08 Å². The van der Waals surface area contributed by atoms with Gasteiger partial charge < -0.3 is 4.74 Å². The van der Waals surface area contributed by atoms with Crippen molar-refractivity contribution in [2.75, 3.05) is 6.61 Å². The smallest absolute Gasteiger partial charge is 0.392 e. The highest BCUT2D eigenvalue weighted by Crippen LogP contribution is 2.39. The van der Waals surface area contributed by atoms with Crippen molar-refractivity contribution in [1.29, 1.82) is 0 Å². The first kappa shape index (κ1) is 13.1. The topological polar surface area (TPSA) is 26.3 Å². The number of hydrogen-bond donors (Lipinski definition) is 0. The van der Waals surface area contributed by atoms with E-state index in [2.05, 4.69) is 4.74 Å². The molecule has 92 valence electrons. The number of allylic oxidation sites excluding steroid dienone is 1. The van der Waals surface area contributed by atoms with Gasteiger partial charge in [-0.25, -0.2) is 4.79 Å². The molecule has 0 aromatic rings. The molecule has 1 unspecified atom stereocenters. The minimum absolute atomic E-state index is 0.0671. The van der Waals surface area contributed by atoms with E-state index in [4.69, 9.17) is 0 Å². The minimum atomic E-state index is -4.16. The molecule has 0 aromatic carbocycles. The molecule has 1 atom stereocenters. The highest BCUT2D eigenvalue weighted by Gasteiger charge is 2.40. The maximum Gasteiger partial charge on any atom is 0.392 e. The van der Waals surface area contributed by atoms with Crippen LogP contribution in [0.2, 0.25) is 0 Å². The van der Waals surface area contributed by atoms with Crippen molar-refractivity contribution in [2.24, 2.45) is 5.92 Å². The Balaban J connectivity index is 2.60. The van der Waals surface area contributed by atoms with Crippen LogP contribution in [0.15, 0.2) is 11.6 Å². The molecule has 0 radical (unpaired) electrons. The van der Waals surface area contributed by atoms with Gasteiger partial charge in [-0.05, 0) is 32.6 Å². The van der Waals surface area contributed by atoms with Gasteiger partial charge in [-0.1, -0.05) is 5.57 Å². The van der Waals surface area contributed by atoms with Crippen molar-refractivity contribution < 1.29 is 22.7 Å². The van der Waals surface area contributed by atoms with Gasteiger partial charge in [0, 0.05) is 6.08 Å². The second-order valence-corrected chi connectivity index (χ2v) is 3.89. The summed E-state index contributed by atoms with van der Waals surface area (Å²) in [5, 5.41) is 0. The van der Waals surface area contributed by atoms with Crippen LogP contribution in [0.3, 0.4) is 0 Å². The Hall–Kier alpha value is -1.00. The van der Waals surface area contributed by atoms with Crippen LogP contribution in [0.25, 0.3) is 0 Å². The van der Waals surface area contributed by atoms with Crippen LogP contribution in [-0.2, 0) is 9.53 Å². The Morgan fingerprint density at radius 1 is 1.56 bits per heavy atom. The lowest BCUT2D eigenvalue weighted by Gasteiger charge is -2.26. The average molecular weight is 236 g/mol. The van der Waals surface area contributed by atoms with Crippen molar-refractivity contribution in [2.45, 2.75) is 38.8 Å². The molecule has 1 aliphatic rings. The molecule has 0 N–H and O–H groups in total. The first-order valence-electron chi connectivity index (χ1n) is 5.36. The zero-order valence-electron chi connectivity index (χ0n) is 9.14. The lowest BCUT2D eigenvalue weighted by molar-refractivity contribution is -0.178. The molecular formula is C11H15F3O2. The molecule has 5 heteroatoms. The Kier molecular flexibility index (Phi) is 4.38. The summed E-state index contributed by atoms with van der Waals surface area (Å²) < 4.78 is 42.0. The fourth-order valence-corrected chi connectivity index (χ4v) is 1.86. The Morgan fingerprint density at radius 2 is 2.25 bits per heavy atom. The Labute approximate surface area is 92.5 Å². The fraction of sp³-hybridized carbons (Fsp3) is 0.727. The summed E-state index contributed by atoms with van der Waals surface area (Å²) in [6, 6.07) is 0. The van der Waals surface area contributed by atoms with E-state index >= 15 is 0 Å². The number of ether oxygens (including phenoxy) is 1. The molecular weight excluding hydrogens is 221 g/mol. The largest absolute Gasteiger partial charge is 0.463 e. The standard InChI is InChI=1S/C11H15F3O2/c1-2-16-10(15)7-8-4-3-5-9(6-8)11(12,13)14/h7,9H,2-6H2,1H3/b8-7+. The Bertz CT molecular complexity index is 281. The Morgan fingerprint density at radius 3 is 2.81 bits per heavy atom. The van der Waals surface area contributed by atoms with Crippen molar-refractivity contribution in [3.63, 3.8) is 0 Å². The highest BCUT2D eigenvalue weighted by atomic mass is 19.4. The molecule has 0 amide bonds. The predicted octanol–water partition coefficient (Wildman–Crippen LogP) is 3.23. The van der Waals surface area contributed by atoms with Gasteiger partial charge in [0.15, 0.2) is 0 Å². The molecule has 0 aromatic heterocycles. The maximum absolute atomic E-state index is 12.5. The minimum Gasteiger partial charge on any atom is -0.463 e. The van der Waals surface area contributed by atoms with Crippen LogP contribution in [0.1, 0.15) is 32.6 Å². The molecule has 0 spiro atoms. The van der Waals surface area contributed by atoms with E-state index in [0.717, 1.165) is 0 Å². The molecule has 0 bridgehead atoms. The van der Waals surface area contributed by atoms with E-state index in [1.54, 1.807) is 6.92 Å². The number of rotatable bonds is 2. The van der Waals surface area contributed by atoms with E-state index in [0.29, 0.717) is 18.4 Å². The number of carbonyl (C=O) groups excluding carboxylic acids is 1. The normalized spacial score (nSPS) is 24.5. The molecule has 0 aliphatic heterocycles. The van der Waals surface area contributed by atoms with Crippen molar-refractivity contribution in [3.05, 3.63) is 11.6 Å². The van der Waals surface area contributed by atoms with Crippen LogP contribution in [0.4, 0.5) is 13.2 Å². The van der Waals surface area contributed by atoms with E-state index in [1.807, 2.05) is 0 Å². The van der Waals surface area contributed by atoms with Gasteiger partial charge in [0.25, 0.3) is 0 Å². The lowest BCUT2D eigenvalue weighted by atomic mass is 9.85. The molecule has 0 heterocycles. The lowest BCUT2D eigenvalue weighted by Crippen LogP contribution is -2.26. The number of carbonyl (C=O) groups is 1. The number of esters is 1. The van der Waals surface area contributed by atoms with E-state index in [9.17, 15) is 18.0 Å². The molecule has 16 heavy (non-hydrogen) atoms. The van der Waals surface area contributed by atoms with Crippen molar-refractivity contribution >= 4 is 5.97 Å². The number of hydrogen-bond acceptors (Lipinski definition) is 2. The molecule has 2 nitrogen and oxygen atoms in total. The summed E-state index contributed by atoms with van der Waals surface area (Å²) in [5.41, 5.74) is 0.548. The molecule has 1 saturated carbocycles. The van der Waals surface area contributed by atoms with E-state index in [-0.39, 0.29) is 19.4 Å². The monoisotopic (exact) mass is 236 g/mol. The van der Waals surface area contributed by atoms with Gasteiger partial charge in [0.1, 0.15) is 0 Å². The van der Waals surface area contributed by atoms with Crippen molar-refractivity contribution in [1.82, 2.24) is 0 Å². The van der Waals surface area contributed by atoms with Crippen LogP contribution >= 0.6 is 0 Å². The average Bonchev–Trinajstić information content (AvgIpc) is 2.17. The zero-order valence-corrected chi connectivity index (χ0v) is 9.14. The summed E-state index contributed by atoms with van der Waals surface area (Å²) in [7, 11) is 0. The SMILES string of the molecule is CCOC(=O)/C=C1\CCCC(C(F)(F)F)C1. The first-order valence-corrected chi connectivity index (χ1v) is 5.36. The molecule has 0 saturated heterocycles. The molecule has 1 rings (SSSR count). The first-order chi connectivity index (χ1) is 7.43. The van der Waals surface area contributed by atoms with Crippen LogP contribution in [-0.4, -0.2) is 18.8 Å². The molecule has 1 aliphatic carbocycles. The van der Waals surface area contributed by atoms with Gasteiger partial charge in [-0.15, -0.1) is 0 Å². The third kappa shape index (κ3) is 3.87. The summed E-state index contributed by atoms with van der Waals surface area (Å²) in [6.07, 6.45) is -1.82. The summed E-state index contributed by atoms with van der Waals surface area (Å²) in [5.74, 6) is -1.85. The van der Waals surface area contributed by atoms with Gasteiger partial charge in [-0.3, -0.25) is 0 Å². The quantitative estimate of drug-likeness (QED) is 0.543. The van der Waals surface area contributed by atoms with Crippen LogP contribution in [0.5, 0.6) is 0 Å². The number of halogens is 3. The van der Waals surface area contributed by atoms with Gasteiger partial charge in [0.2, 0.25) is 0 Å². The van der Waals surface area contributed by atoms with Gasteiger partial charge in [0.05, 0.1) is 12.5 Å². The van der Waals surface area contributed by atoms with Crippen LogP contribution < -0.4 is 0 Å². The third-order valence-corrected chi connectivity index (χ3v) is 2.63. The van der Waals surface area contributed by atoms with E-state index < -0.39 is 18.1 Å². The second kappa shape index (κ2) is 5.37. The predicted molar refractivity (Wildman–Crippen MR) is 52.7 cm³/mol. The van der Waals surface area contributed by atoms with Crippen molar-refractivity contribution in [3.8, 4) is 0 Å². The highest BCUT2D eigenvalue weighted by molar-refractivity contribution is 5.82. The number of alkyl halides is 3. The maximum atomic E-state index is 12.5.